The summed E-state index contributed by atoms with van der Waals surface area (Å²) >= 11 is 0. The summed E-state index contributed by atoms with van der Waals surface area (Å²) in [6.07, 6.45) is 2.96. The van der Waals surface area contributed by atoms with Gasteiger partial charge >= 0.3 is 0 Å². The molecule has 1 atom stereocenters. The van der Waals surface area contributed by atoms with E-state index in [-0.39, 0.29) is 5.91 Å². The van der Waals surface area contributed by atoms with Crippen LogP contribution in [0.25, 0.3) is 11.1 Å². The van der Waals surface area contributed by atoms with Crippen LogP contribution in [0.5, 0.6) is 0 Å². The average molecular weight is 296 g/mol. The number of β-amino-alcohol motifs (C(OH)–C–C–N with tert-alkyl or cyclic N) is 1. The fraction of sp³-hybridized carbons (Fsp3) is 0.333. The molecule has 1 fully saturated rings. The zero-order chi connectivity index (χ0) is 15.6. The van der Waals surface area contributed by atoms with Gasteiger partial charge in [-0.25, -0.2) is 0 Å². The molecule has 4 heteroatoms. The van der Waals surface area contributed by atoms with Crippen LogP contribution < -0.4 is 0 Å². The van der Waals surface area contributed by atoms with Gasteiger partial charge in [-0.05, 0) is 36.1 Å². The van der Waals surface area contributed by atoms with Crippen LogP contribution in [0.15, 0.2) is 48.7 Å². The predicted octanol–water partition coefficient (Wildman–Crippen LogP) is 2.74. The number of likely N-dealkylation sites (tertiary alicyclic amines) is 1. The molecule has 1 saturated heterocycles. The van der Waals surface area contributed by atoms with Crippen LogP contribution in [0.1, 0.15) is 30.3 Å². The fourth-order valence-electron chi connectivity index (χ4n) is 2.84. The van der Waals surface area contributed by atoms with Crippen molar-refractivity contribution in [3.8, 4) is 11.1 Å². The van der Waals surface area contributed by atoms with Crippen molar-refractivity contribution in [3.63, 3.8) is 0 Å². The van der Waals surface area contributed by atoms with Crippen molar-refractivity contribution in [1.82, 2.24) is 9.88 Å². The maximum atomic E-state index is 12.6. The zero-order valence-corrected chi connectivity index (χ0v) is 12.7. The van der Waals surface area contributed by atoms with Gasteiger partial charge in [0.25, 0.3) is 5.91 Å². The highest BCUT2D eigenvalue weighted by Crippen LogP contribution is 2.26. The number of nitrogens with zero attached hydrogens (tertiary/aromatic N) is 2. The highest BCUT2D eigenvalue weighted by atomic mass is 16.3. The Kier molecular flexibility index (Phi) is 3.94. The third-order valence-electron chi connectivity index (χ3n) is 4.36. The lowest BCUT2D eigenvalue weighted by molar-refractivity contribution is 0.0412. The standard InChI is InChI=1S/C18H20N2O2/c1-2-18(22)9-11-20(13-18)17(21)16-12-15(8-10-19-16)14-6-4-3-5-7-14/h3-8,10,12,22H,2,9,11,13H2,1H3. The van der Waals surface area contributed by atoms with E-state index >= 15 is 0 Å². The van der Waals surface area contributed by atoms with Gasteiger partial charge in [0.2, 0.25) is 0 Å². The minimum Gasteiger partial charge on any atom is -0.388 e. The molecule has 2 aromatic rings. The number of amides is 1. The van der Waals surface area contributed by atoms with E-state index in [0.29, 0.717) is 31.6 Å². The smallest absolute Gasteiger partial charge is 0.272 e. The van der Waals surface area contributed by atoms with Crippen LogP contribution in [0.4, 0.5) is 0 Å². The molecule has 0 saturated carbocycles. The number of aliphatic hydroxyl groups is 1. The lowest BCUT2D eigenvalue weighted by Gasteiger charge is -2.21. The molecule has 1 amide bonds. The summed E-state index contributed by atoms with van der Waals surface area (Å²) in [7, 11) is 0. The zero-order valence-electron chi connectivity index (χ0n) is 12.7. The van der Waals surface area contributed by atoms with Gasteiger partial charge in [-0.3, -0.25) is 9.78 Å². The van der Waals surface area contributed by atoms with Crippen molar-refractivity contribution in [2.24, 2.45) is 0 Å². The summed E-state index contributed by atoms with van der Waals surface area (Å²) in [6.45, 7) is 2.92. The Morgan fingerprint density at radius 1 is 1.27 bits per heavy atom. The van der Waals surface area contributed by atoms with Gasteiger partial charge in [-0.15, -0.1) is 0 Å². The lowest BCUT2D eigenvalue weighted by Crippen LogP contribution is -2.35. The highest BCUT2D eigenvalue weighted by molar-refractivity contribution is 5.93. The number of aromatic nitrogens is 1. The molecule has 0 spiro atoms. The maximum absolute atomic E-state index is 12.6. The van der Waals surface area contributed by atoms with E-state index in [1.807, 2.05) is 49.4 Å². The van der Waals surface area contributed by atoms with Gasteiger partial charge in [0.05, 0.1) is 5.60 Å². The number of hydrogen-bond donors (Lipinski definition) is 1. The highest BCUT2D eigenvalue weighted by Gasteiger charge is 2.37. The van der Waals surface area contributed by atoms with E-state index in [0.717, 1.165) is 11.1 Å². The molecule has 1 aromatic heterocycles. The molecule has 1 aliphatic rings. The topological polar surface area (TPSA) is 53.4 Å². The Hall–Kier alpha value is -2.20. The molecule has 1 aliphatic heterocycles. The molecule has 22 heavy (non-hydrogen) atoms. The summed E-state index contributed by atoms with van der Waals surface area (Å²) in [5.74, 6) is -0.109. The maximum Gasteiger partial charge on any atom is 0.272 e. The normalized spacial score (nSPS) is 21.1. The molecule has 3 rings (SSSR count). The summed E-state index contributed by atoms with van der Waals surface area (Å²) in [5.41, 5.74) is 1.73. The first kappa shape index (κ1) is 14.7. The first-order valence-electron chi connectivity index (χ1n) is 7.64. The SMILES string of the molecule is CCC1(O)CCN(C(=O)c2cc(-c3ccccc3)ccn2)C1. The molecule has 0 radical (unpaired) electrons. The minimum absolute atomic E-state index is 0.109. The first-order valence-corrected chi connectivity index (χ1v) is 7.64. The quantitative estimate of drug-likeness (QED) is 0.947. The second-order valence-corrected chi connectivity index (χ2v) is 5.85. The monoisotopic (exact) mass is 296 g/mol. The van der Waals surface area contributed by atoms with Crippen molar-refractivity contribution in [1.29, 1.82) is 0 Å². The van der Waals surface area contributed by atoms with E-state index in [1.165, 1.54) is 0 Å². The first-order chi connectivity index (χ1) is 10.6. The summed E-state index contributed by atoms with van der Waals surface area (Å²) in [6, 6.07) is 13.6. The number of carbonyl (C=O) groups is 1. The van der Waals surface area contributed by atoms with Crippen LogP contribution in [0.3, 0.4) is 0 Å². The molecule has 2 heterocycles. The molecule has 1 N–H and O–H groups in total. The van der Waals surface area contributed by atoms with Crippen LogP contribution in [0.2, 0.25) is 0 Å². The van der Waals surface area contributed by atoms with Crippen molar-refractivity contribution >= 4 is 5.91 Å². The molecule has 4 nitrogen and oxygen atoms in total. The molecular formula is C18H20N2O2. The number of benzene rings is 1. The van der Waals surface area contributed by atoms with Crippen molar-refractivity contribution in [2.45, 2.75) is 25.4 Å². The van der Waals surface area contributed by atoms with E-state index in [9.17, 15) is 9.90 Å². The van der Waals surface area contributed by atoms with E-state index in [4.69, 9.17) is 0 Å². The predicted molar refractivity (Wildman–Crippen MR) is 85.4 cm³/mol. The second-order valence-electron chi connectivity index (χ2n) is 5.85. The van der Waals surface area contributed by atoms with Gasteiger partial charge in [0.15, 0.2) is 0 Å². The number of rotatable bonds is 3. The Labute approximate surface area is 130 Å². The van der Waals surface area contributed by atoms with E-state index in [2.05, 4.69) is 4.98 Å². The Balaban J connectivity index is 1.83. The third-order valence-corrected chi connectivity index (χ3v) is 4.36. The Bertz CT molecular complexity index is 672. The largest absolute Gasteiger partial charge is 0.388 e. The van der Waals surface area contributed by atoms with Crippen LogP contribution in [0, 0.1) is 0 Å². The third kappa shape index (κ3) is 2.88. The number of hydrogen-bond acceptors (Lipinski definition) is 3. The second kappa shape index (κ2) is 5.89. The molecule has 1 unspecified atom stereocenters. The summed E-state index contributed by atoms with van der Waals surface area (Å²) in [5, 5.41) is 10.3. The van der Waals surface area contributed by atoms with E-state index in [1.54, 1.807) is 11.1 Å². The molecule has 0 aliphatic carbocycles. The lowest BCUT2D eigenvalue weighted by atomic mass is 10.0. The molecule has 114 valence electrons. The van der Waals surface area contributed by atoms with Crippen molar-refractivity contribution < 1.29 is 9.90 Å². The van der Waals surface area contributed by atoms with Crippen LogP contribution in [-0.4, -0.2) is 39.6 Å². The van der Waals surface area contributed by atoms with Crippen molar-refractivity contribution in [2.75, 3.05) is 13.1 Å². The van der Waals surface area contributed by atoms with E-state index < -0.39 is 5.60 Å². The Morgan fingerprint density at radius 2 is 2.05 bits per heavy atom. The van der Waals surface area contributed by atoms with Crippen molar-refractivity contribution in [3.05, 3.63) is 54.4 Å². The fourth-order valence-corrected chi connectivity index (χ4v) is 2.84. The molecule has 1 aromatic carbocycles. The molecule has 0 bridgehead atoms. The van der Waals surface area contributed by atoms with Gasteiger partial charge in [-0.2, -0.15) is 0 Å². The average Bonchev–Trinajstić information content (AvgIpc) is 2.98. The molecular weight excluding hydrogens is 276 g/mol. The number of carbonyl (C=O) groups excluding carboxylic acids is 1. The van der Waals surface area contributed by atoms with Gasteiger partial charge < -0.3 is 10.0 Å². The van der Waals surface area contributed by atoms with Gasteiger partial charge in [0, 0.05) is 19.3 Å². The summed E-state index contributed by atoms with van der Waals surface area (Å²) < 4.78 is 0. The minimum atomic E-state index is -0.743. The van der Waals surface area contributed by atoms with Gasteiger partial charge in [0.1, 0.15) is 5.69 Å². The van der Waals surface area contributed by atoms with Crippen LogP contribution >= 0.6 is 0 Å². The Morgan fingerprint density at radius 3 is 2.73 bits per heavy atom. The number of pyridine rings is 1. The summed E-state index contributed by atoms with van der Waals surface area (Å²) in [4.78, 5) is 18.5. The van der Waals surface area contributed by atoms with Gasteiger partial charge in [-0.1, -0.05) is 37.3 Å². The van der Waals surface area contributed by atoms with Crippen LogP contribution in [-0.2, 0) is 0 Å².